The number of carbonyl (C=O) groups excluding carboxylic acids is 2. The summed E-state index contributed by atoms with van der Waals surface area (Å²) < 4.78 is 5.78. The standard InChI is InChI=1S/C25H20ClNO3/c1-16-8-13-21(17(2)14-16)22-23(26)25(29)27(24(22)28)19-9-11-20(12-10-19)30-15-18-6-4-3-5-7-18/h3-14H,15H2,1-2H3. The van der Waals surface area contributed by atoms with Crippen LogP contribution in [0.5, 0.6) is 5.75 Å². The van der Waals surface area contributed by atoms with E-state index in [0.29, 0.717) is 23.6 Å². The van der Waals surface area contributed by atoms with E-state index in [9.17, 15) is 9.59 Å². The number of halogens is 1. The summed E-state index contributed by atoms with van der Waals surface area (Å²) in [6.07, 6.45) is 0. The van der Waals surface area contributed by atoms with E-state index in [0.717, 1.165) is 21.6 Å². The molecule has 0 atom stereocenters. The van der Waals surface area contributed by atoms with Gasteiger partial charge in [0.05, 0.1) is 11.3 Å². The minimum absolute atomic E-state index is 0.0589. The number of hydrogen-bond acceptors (Lipinski definition) is 3. The third-order valence-corrected chi connectivity index (χ3v) is 5.37. The predicted octanol–water partition coefficient (Wildman–Crippen LogP) is 5.41. The van der Waals surface area contributed by atoms with Crippen molar-refractivity contribution in [1.29, 1.82) is 0 Å². The van der Waals surface area contributed by atoms with E-state index in [2.05, 4.69) is 0 Å². The average molecular weight is 418 g/mol. The summed E-state index contributed by atoms with van der Waals surface area (Å²) in [5.41, 5.74) is 4.40. The molecule has 0 spiro atoms. The van der Waals surface area contributed by atoms with Gasteiger partial charge in [0.1, 0.15) is 17.4 Å². The second kappa shape index (κ2) is 8.17. The minimum atomic E-state index is -0.519. The van der Waals surface area contributed by atoms with E-state index in [1.807, 2.05) is 62.4 Å². The number of rotatable bonds is 5. The van der Waals surface area contributed by atoms with E-state index < -0.39 is 11.8 Å². The molecule has 1 heterocycles. The molecule has 0 saturated carbocycles. The van der Waals surface area contributed by atoms with Gasteiger partial charge in [-0.15, -0.1) is 0 Å². The lowest BCUT2D eigenvalue weighted by Crippen LogP contribution is -2.31. The number of imide groups is 1. The molecule has 1 aliphatic heterocycles. The van der Waals surface area contributed by atoms with E-state index in [-0.39, 0.29) is 10.6 Å². The molecular formula is C25H20ClNO3. The smallest absolute Gasteiger partial charge is 0.277 e. The van der Waals surface area contributed by atoms with Gasteiger partial charge >= 0.3 is 0 Å². The lowest BCUT2D eigenvalue weighted by Gasteiger charge is -2.16. The fraction of sp³-hybridized carbons (Fsp3) is 0.120. The molecule has 0 bridgehead atoms. The Morgan fingerprint density at radius 3 is 2.23 bits per heavy atom. The summed E-state index contributed by atoms with van der Waals surface area (Å²) >= 11 is 6.31. The Labute approximate surface area is 180 Å². The van der Waals surface area contributed by atoms with Crippen LogP contribution < -0.4 is 9.64 Å². The Morgan fingerprint density at radius 2 is 1.57 bits per heavy atom. The van der Waals surface area contributed by atoms with Crippen LogP contribution in [0.4, 0.5) is 5.69 Å². The van der Waals surface area contributed by atoms with Crippen molar-refractivity contribution in [2.75, 3.05) is 4.90 Å². The Morgan fingerprint density at radius 1 is 0.867 bits per heavy atom. The highest BCUT2D eigenvalue weighted by Gasteiger charge is 2.39. The molecule has 3 aromatic rings. The third kappa shape index (κ3) is 3.74. The van der Waals surface area contributed by atoms with Crippen molar-refractivity contribution in [2.45, 2.75) is 20.5 Å². The van der Waals surface area contributed by atoms with Crippen molar-refractivity contribution in [3.05, 3.63) is 100 Å². The molecule has 30 heavy (non-hydrogen) atoms. The van der Waals surface area contributed by atoms with E-state index >= 15 is 0 Å². The maximum Gasteiger partial charge on any atom is 0.277 e. The average Bonchev–Trinajstić information content (AvgIpc) is 2.97. The number of carbonyl (C=O) groups is 2. The van der Waals surface area contributed by atoms with Crippen LogP contribution in [0.25, 0.3) is 5.57 Å². The van der Waals surface area contributed by atoms with Crippen LogP contribution >= 0.6 is 11.6 Å². The highest BCUT2D eigenvalue weighted by molar-refractivity contribution is 6.60. The van der Waals surface area contributed by atoms with Crippen LogP contribution in [-0.2, 0) is 16.2 Å². The highest BCUT2D eigenvalue weighted by Crippen LogP contribution is 2.36. The van der Waals surface area contributed by atoms with Gasteiger partial charge in [0.2, 0.25) is 0 Å². The molecule has 0 aromatic heterocycles. The summed E-state index contributed by atoms with van der Waals surface area (Å²) in [6, 6.07) is 22.4. The quantitative estimate of drug-likeness (QED) is 0.522. The number of aryl methyl sites for hydroxylation is 2. The van der Waals surface area contributed by atoms with Gasteiger partial charge in [-0.25, -0.2) is 4.90 Å². The van der Waals surface area contributed by atoms with Gasteiger partial charge in [-0.2, -0.15) is 0 Å². The van der Waals surface area contributed by atoms with Crippen molar-refractivity contribution >= 4 is 34.7 Å². The van der Waals surface area contributed by atoms with Crippen LogP contribution in [0.3, 0.4) is 0 Å². The van der Waals surface area contributed by atoms with Crippen LogP contribution in [-0.4, -0.2) is 11.8 Å². The zero-order valence-electron chi connectivity index (χ0n) is 16.7. The Kier molecular flexibility index (Phi) is 5.42. The molecule has 2 amide bonds. The Bertz CT molecular complexity index is 1150. The molecule has 150 valence electrons. The van der Waals surface area contributed by atoms with Crippen molar-refractivity contribution in [2.24, 2.45) is 0 Å². The SMILES string of the molecule is Cc1ccc(C2=C(Cl)C(=O)N(c3ccc(OCc4ccccc4)cc3)C2=O)c(C)c1. The van der Waals surface area contributed by atoms with Gasteiger partial charge in [-0.3, -0.25) is 9.59 Å². The molecule has 4 nitrogen and oxygen atoms in total. The molecule has 3 aromatic carbocycles. The van der Waals surface area contributed by atoms with Crippen LogP contribution in [0.15, 0.2) is 77.8 Å². The zero-order valence-corrected chi connectivity index (χ0v) is 17.4. The number of amides is 2. The monoisotopic (exact) mass is 417 g/mol. The van der Waals surface area contributed by atoms with Crippen molar-refractivity contribution < 1.29 is 14.3 Å². The maximum atomic E-state index is 13.1. The summed E-state index contributed by atoms with van der Waals surface area (Å²) in [7, 11) is 0. The van der Waals surface area contributed by atoms with Gasteiger partial charge in [0.25, 0.3) is 11.8 Å². The van der Waals surface area contributed by atoms with Gasteiger partial charge in [0, 0.05) is 0 Å². The van der Waals surface area contributed by atoms with Crippen LogP contribution in [0.2, 0.25) is 0 Å². The molecule has 5 heteroatoms. The molecule has 1 aliphatic rings. The maximum absolute atomic E-state index is 13.1. The number of hydrogen-bond donors (Lipinski definition) is 0. The lowest BCUT2D eigenvalue weighted by atomic mass is 9.99. The van der Waals surface area contributed by atoms with Crippen LogP contribution in [0, 0.1) is 13.8 Å². The first-order valence-electron chi connectivity index (χ1n) is 9.58. The summed E-state index contributed by atoms with van der Waals surface area (Å²) in [4.78, 5) is 27.0. The zero-order chi connectivity index (χ0) is 21.3. The number of ether oxygens (including phenoxy) is 1. The van der Waals surface area contributed by atoms with E-state index in [1.54, 1.807) is 24.3 Å². The van der Waals surface area contributed by atoms with Crippen molar-refractivity contribution in [1.82, 2.24) is 0 Å². The summed E-state index contributed by atoms with van der Waals surface area (Å²) in [5, 5.41) is -0.0589. The van der Waals surface area contributed by atoms with Crippen molar-refractivity contribution in [3.8, 4) is 5.75 Å². The predicted molar refractivity (Wildman–Crippen MR) is 118 cm³/mol. The summed E-state index contributed by atoms with van der Waals surface area (Å²) in [5.74, 6) is -0.292. The fourth-order valence-corrected chi connectivity index (χ4v) is 3.76. The van der Waals surface area contributed by atoms with Gasteiger partial charge in [0.15, 0.2) is 0 Å². The molecule has 0 saturated heterocycles. The first-order chi connectivity index (χ1) is 14.5. The lowest BCUT2D eigenvalue weighted by molar-refractivity contribution is -0.119. The summed E-state index contributed by atoms with van der Waals surface area (Å²) in [6.45, 7) is 4.31. The molecule has 4 rings (SSSR count). The number of anilines is 1. The molecule has 0 fully saturated rings. The normalized spacial score (nSPS) is 13.9. The Hall–Kier alpha value is -3.37. The largest absolute Gasteiger partial charge is 0.489 e. The second-order valence-corrected chi connectivity index (χ2v) is 7.60. The van der Waals surface area contributed by atoms with Crippen LogP contribution in [0.1, 0.15) is 22.3 Å². The molecule has 0 radical (unpaired) electrons. The van der Waals surface area contributed by atoms with Gasteiger partial charge < -0.3 is 4.74 Å². The minimum Gasteiger partial charge on any atom is -0.489 e. The number of benzene rings is 3. The second-order valence-electron chi connectivity index (χ2n) is 7.22. The molecule has 0 N–H and O–H groups in total. The first-order valence-corrected chi connectivity index (χ1v) is 9.96. The molecule has 0 aliphatic carbocycles. The molecule has 0 unspecified atom stereocenters. The number of nitrogens with zero attached hydrogens (tertiary/aromatic N) is 1. The van der Waals surface area contributed by atoms with Gasteiger partial charge in [-0.05, 0) is 54.8 Å². The molecular weight excluding hydrogens is 398 g/mol. The first kappa shape index (κ1) is 19.9. The highest BCUT2D eigenvalue weighted by atomic mass is 35.5. The third-order valence-electron chi connectivity index (χ3n) is 5.02. The fourth-order valence-electron chi connectivity index (χ4n) is 3.50. The van der Waals surface area contributed by atoms with Crippen molar-refractivity contribution in [3.63, 3.8) is 0 Å². The van der Waals surface area contributed by atoms with E-state index in [1.165, 1.54) is 0 Å². The topological polar surface area (TPSA) is 46.6 Å². The Balaban J connectivity index is 1.55. The van der Waals surface area contributed by atoms with E-state index in [4.69, 9.17) is 16.3 Å². The van der Waals surface area contributed by atoms with Gasteiger partial charge in [-0.1, -0.05) is 65.7 Å².